The summed E-state index contributed by atoms with van der Waals surface area (Å²) in [7, 11) is 0. The molecule has 2 rings (SSSR count). The largest absolute Gasteiger partial charge is 0.493 e. The highest BCUT2D eigenvalue weighted by Gasteiger charge is 2.13. The predicted octanol–water partition coefficient (Wildman–Crippen LogP) is 3.86. The van der Waals surface area contributed by atoms with Crippen molar-refractivity contribution < 1.29 is 9.13 Å². The van der Waals surface area contributed by atoms with Gasteiger partial charge in [0, 0.05) is 11.6 Å². The van der Waals surface area contributed by atoms with Crippen molar-refractivity contribution in [3.05, 3.63) is 65.5 Å². The summed E-state index contributed by atoms with van der Waals surface area (Å²) in [6, 6.07) is 14.7. The number of hydrogen-bond acceptors (Lipinski definition) is 2. The monoisotopic (exact) mass is 273 g/mol. The minimum atomic E-state index is -0.375. The Morgan fingerprint density at radius 3 is 2.55 bits per heavy atom. The summed E-state index contributed by atoms with van der Waals surface area (Å²) in [5.74, 6) is 0.244. The average Bonchev–Trinajstić information content (AvgIpc) is 2.44. The lowest BCUT2D eigenvalue weighted by Gasteiger charge is -2.14. The van der Waals surface area contributed by atoms with Gasteiger partial charge >= 0.3 is 0 Å². The van der Waals surface area contributed by atoms with Gasteiger partial charge in [0.15, 0.2) is 0 Å². The van der Waals surface area contributed by atoms with E-state index in [2.05, 4.69) is 12.1 Å². The Bertz CT molecular complexity index is 540. The van der Waals surface area contributed by atoms with E-state index in [9.17, 15) is 4.39 Å². The molecule has 0 spiro atoms. The number of rotatable bonds is 6. The minimum absolute atomic E-state index is 0.305. The zero-order valence-corrected chi connectivity index (χ0v) is 11.7. The molecule has 0 saturated carbocycles. The number of nitrogens with two attached hydrogens (primary N) is 1. The summed E-state index contributed by atoms with van der Waals surface area (Å²) in [6.07, 6.45) is 1.84. The van der Waals surface area contributed by atoms with Gasteiger partial charge in [-0.3, -0.25) is 0 Å². The first-order valence-electron chi connectivity index (χ1n) is 6.89. The average molecular weight is 273 g/mol. The molecule has 0 amide bonds. The lowest BCUT2D eigenvalue weighted by Crippen LogP contribution is -2.11. The first-order valence-corrected chi connectivity index (χ1v) is 6.89. The summed E-state index contributed by atoms with van der Waals surface area (Å²) in [6.45, 7) is 2.31. The normalized spacial score (nSPS) is 12.2. The summed E-state index contributed by atoms with van der Waals surface area (Å²) in [4.78, 5) is 0. The van der Waals surface area contributed by atoms with Gasteiger partial charge < -0.3 is 10.5 Å². The van der Waals surface area contributed by atoms with E-state index in [-0.39, 0.29) is 11.9 Å². The second-order valence-electron chi connectivity index (χ2n) is 4.88. The van der Waals surface area contributed by atoms with E-state index in [0.717, 1.165) is 12.8 Å². The third-order valence-corrected chi connectivity index (χ3v) is 3.18. The zero-order chi connectivity index (χ0) is 14.4. The number of ether oxygens (including phenoxy) is 1. The van der Waals surface area contributed by atoms with Crippen molar-refractivity contribution in [3.63, 3.8) is 0 Å². The second kappa shape index (κ2) is 7.06. The molecule has 106 valence electrons. The fraction of sp³-hybridized carbons (Fsp3) is 0.294. The molecular weight excluding hydrogens is 253 g/mol. The van der Waals surface area contributed by atoms with E-state index in [1.54, 1.807) is 19.1 Å². The number of halogens is 1. The molecule has 0 aliphatic carbocycles. The van der Waals surface area contributed by atoms with Gasteiger partial charge in [0.05, 0.1) is 6.61 Å². The molecule has 0 fully saturated rings. The van der Waals surface area contributed by atoms with E-state index >= 15 is 0 Å². The highest BCUT2D eigenvalue weighted by Crippen LogP contribution is 2.26. The Balaban J connectivity index is 1.90. The summed E-state index contributed by atoms with van der Waals surface area (Å²) in [5.41, 5.74) is 7.52. The molecule has 0 saturated heterocycles. The summed E-state index contributed by atoms with van der Waals surface area (Å²) < 4.78 is 19.4. The minimum Gasteiger partial charge on any atom is -0.493 e. The maximum atomic E-state index is 13.7. The van der Waals surface area contributed by atoms with E-state index in [1.807, 2.05) is 18.2 Å². The maximum absolute atomic E-state index is 13.7. The van der Waals surface area contributed by atoms with Crippen molar-refractivity contribution in [2.24, 2.45) is 5.73 Å². The molecule has 0 unspecified atom stereocenters. The van der Waals surface area contributed by atoms with E-state index in [4.69, 9.17) is 10.5 Å². The van der Waals surface area contributed by atoms with Crippen molar-refractivity contribution >= 4 is 0 Å². The van der Waals surface area contributed by atoms with Crippen molar-refractivity contribution in [1.82, 2.24) is 0 Å². The molecule has 1 atom stereocenters. The van der Waals surface area contributed by atoms with Crippen LogP contribution in [-0.2, 0) is 6.42 Å². The van der Waals surface area contributed by atoms with Crippen LogP contribution >= 0.6 is 0 Å². The van der Waals surface area contributed by atoms with Crippen LogP contribution < -0.4 is 10.5 Å². The number of aryl methyl sites for hydroxylation is 1. The molecule has 0 aromatic heterocycles. The van der Waals surface area contributed by atoms with Crippen LogP contribution in [0, 0.1) is 5.82 Å². The molecular formula is C17H20FNO. The van der Waals surface area contributed by atoms with Crippen LogP contribution in [0.4, 0.5) is 4.39 Å². The molecule has 2 aromatic rings. The Morgan fingerprint density at radius 1 is 1.10 bits per heavy atom. The standard InChI is InChI=1S/C17H20FNO/c1-13(19)17-15(18)10-5-11-16(17)20-12-6-9-14-7-3-2-4-8-14/h2-5,7-8,10-11,13H,6,9,12,19H2,1H3/t13-/m1/s1. The predicted molar refractivity (Wildman–Crippen MR) is 79.3 cm³/mol. The molecule has 2 N–H and O–H groups in total. The Labute approximate surface area is 119 Å². The Kier molecular flexibility index (Phi) is 5.13. The lowest BCUT2D eigenvalue weighted by atomic mass is 10.1. The Hall–Kier alpha value is -1.87. The van der Waals surface area contributed by atoms with Gasteiger partial charge in [-0.2, -0.15) is 0 Å². The van der Waals surface area contributed by atoms with Crippen LogP contribution in [0.3, 0.4) is 0 Å². The van der Waals surface area contributed by atoms with Crippen LogP contribution in [0.1, 0.15) is 30.5 Å². The van der Waals surface area contributed by atoms with Gasteiger partial charge in [-0.25, -0.2) is 4.39 Å². The van der Waals surface area contributed by atoms with Crippen LogP contribution in [0.2, 0.25) is 0 Å². The van der Waals surface area contributed by atoms with Crippen LogP contribution in [-0.4, -0.2) is 6.61 Å². The first-order chi connectivity index (χ1) is 9.68. The molecule has 0 aliphatic heterocycles. The van der Waals surface area contributed by atoms with E-state index < -0.39 is 0 Å². The molecule has 2 aromatic carbocycles. The van der Waals surface area contributed by atoms with Crippen molar-refractivity contribution in [1.29, 1.82) is 0 Å². The van der Waals surface area contributed by atoms with Gasteiger partial charge in [0.1, 0.15) is 11.6 Å². The molecule has 3 heteroatoms. The quantitative estimate of drug-likeness (QED) is 0.811. The van der Waals surface area contributed by atoms with E-state index in [1.165, 1.54) is 11.6 Å². The van der Waals surface area contributed by atoms with Crippen molar-refractivity contribution in [2.45, 2.75) is 25.8 Å². The molecule has 20 heavy (non-hydrogen) atoms. The summed E-state index contributed by atoms with van der Waals surface area (Å²) >= 11 is 0. The van der Waals surface area contributed by atoms with Crippen molar-refractivity contribution in [3.8, 4) is 5.75 Å². The highest BCUT2D eigenvalue weighted by molar-refractivity contribution is 5.36. The van der Waals surface area contributed by atoms with Crippen LogP contribution in [0.5, 0.6) is 5.75 Å². The highest BCUT2D eigenvalue weighted by atomic mass is 19.1. The molecule has 0 radical (unpaired) electrons. The molecule has 0 aliphatic rings. The molecule has 0 heterocycles. The van der Waals surface area contributed by atoms with E-state index in [0.29, 0.717) is 17.9 Å². The lowest BCUT2D eigenvalue weighted by molar-refractivity contribution is 0.304. The van der Waals surface area contributed by atoms with Gasteiger partial charge in [0.2, 0.25) is 0 Å². The van der Waals surface area contributed by atoms with Gasteiger partial charge in [0.25, 0.3) is 0 Å². The van der Waals surface area contributed by atoms with Crippen LogP contribution in [0.15, 0.2) is 48.5 Å². The number of hydrogen-bond donors (Lipinski definition) is 1. The SMILES string of the molecule is C[C@@H](N)c1c(F)cccc1OCCCc1ccccc1. The third kappa shape index (κ3) is 3.81. The third-order valence-electron chi connectivity index (χ3n) is 3.18. The zero-order valence-electron chi connectivity index (χ0n) is 11.7. The number of benzene rings is 2. The second-order valence-corrected chi connectivity index (χ2v) is 4.88. The topological polar surface area (TPSA) is 35.2 Å². The molecule has 0 bridgehead atoms. The maximum Gasteiger partial charge on any atom is 0.131 e. The fourth-order valence-electron chi connectivity index (χ4n) is 2.19. The van der Waals surface area contributed by atoms with Crippen LogP contribution in [0.25, 0.3) is 0 Å². The Morgan fingerprint density at radius 2 is 1.85 bits per heavy atom. The summed E-state index contributed by atoms with van der Waals surface area (Å²) in [5, 5.41) is 0. The first kappa shape index (κ1) is 14.5. The van der Waals surface area contributed by atoms with Crippen molar-refractivity contribution in [2.75, 3.05) is 6.61 Å². The van der Waals surface area contributed by atoms with Gasteiger partial charge in [-0.15, -0.1) is 0 Å². The fourth-order valence-corrected chi connectivity index (χ4v) is 2.19. The van der Waals surface area contributed by atoms with Gasteiger partial charge in [-0.05, 0) is 37.5 Å². The smallest absolute Gasteiger partial charge is 0.131 e. The molecule has 2 nitrogen and oxygen atoms in total. The van der Waals surface area contributed by atoms with Gasteiger partial charge in [-0.1, -0.05) is 36.4 Å².